The molecule has 0 spiro atoms. The molecule has 1 aliphatic rings. The van der Waals surface area contributed by atoms with Crippen molar-refractivity contribution in [2.24, 2.45) is 0 Å². The number of amides is 1. The molecule has 0 unspecified atom stereocenters. The van der Waals surface area contributed by atoms with Crippen molar-refractivity contribution in [2.75, 3.05) is 6.54 Å². The zero-order valence-electron chi connectivity index (χ0n) is 14.5. The van der Waals surface area contributed by atoms with Crippen LogP contribution in [-0.2, 0) is 16.4 Å². The third kappa shape index (κ3) is 4.47. The number of carbonyl (C=O) groups excluding carboxylic acids is 1. The van der Waals surface area contributed by atoms with Crippen LogP contribution in [0, 0.1) is 12.7 Å². The lowest BCUT2D eigenvalue weighted by atomic mass is 10.1. The molecule has 0 heterocycles. The van der Waals surface area contributed by atoms with Crippen molar-refractivity contribution in [1.82, 2.24) is 10.0 Å². The second-order valence-corrected chi connectivity index (χ2v) is 8.18. The average Bonchev–Trinajstić information content (AvgIpc) is 3.40. The predicted octanol–water partition coefficient (Wildman–Crippen LogP) is 2.55. The van der Waals surface area contributed by atoms with Gasteiger partial charge in [-0.1, -0.05) is 24.3 Å². The van der Waals surface area contributed by atoms with E-state index in [9.17, 15) is 17.6 Å². The third-order valence-electron chi connectivity index (χ3n) is 4.30. The zero-order chi connectivity index (χ0) is 18.7. The maximum atomic E-state index is 13.6. The van der Waals surface area contributed by atoms with Gasteiger partial charge in [0.1, 0.15) is 5.82 Å². The minimum atomic E-state index is -3.62. The van der Waals surface area contributed by atoms with Crippen LogP contribution in [0.1, 0.15) is 34.3 Å². The average molecular weight is 376 g/mol. The second kappa shape index (κ2) is 7.55. The van der Waals surface area contributed by atoms with Crippen LogP contribution in [0.5, 0.6) is 0 Å². The van der Waals surface area contributed by atoms with E-state index < -0.39 is 10.0 Å². The number of hydrogen-bond acceptors (Lipinski definition) is 3. The van der Waals surface area contributed by atoms with Crippen molar-refractivity contribution in [3.05, 3.63) is 65.0 Å². The monoisotopic (exact) mass is 376 g/mol. The van der Waals surface area contributed by atoms with Gasteiger partial charge in [-0.05, 0) is 55.5 Å². The first-order valence-electron chi connectivity index (χ1n) is 8.51. The molecular formula is C19H21FN2O3S. The molecule has 3 rings (SSSR count). The number of aryl methyl sites for hydroxylation is 1. The molecule has 138 valence electrons. The number of hydrogen-bond donors (Lipinski definition) is 2. The molecule has 1 fully saturated rings. The SMILES string of the molecule is Cc1ccc(S(=O)(=O)NC2CC2)cc1C(=O)NCCc1ccccc1F. The van der Waals surface area contributed by atoms with Gasteiger partial charge in [0, 0.05) is 18.2 Å². The van der Waals surface area contributed by atoms with Gasteiger partial charge < -0.3 is 5.32 Å². The molecule has 0 bridgehead atoms. The maximum Gasteiger partial charge on any atom is 0.251 e. The van der Waals surface area contributed by atoms with Crippen molar-refractivity contribution in [3.8, 4) is 0 Å². The fourth-order valence-electron chi connectivity index (χ4n) is 2.61. The summed E-state index contributed by atoms with van der Waals surface area (Å²) in [5, 5.41) is 2.73. The first kappa shape index (κ1) is 18.5. The third-order valence-corrected chi connectivity index (χ3v) is 5.82. The molecule has 0 radical (unpaired) electrons. The van der Waals surface area contributed by atoms with E-state index in [0.717, 1.165) is 12.8 Å². The summed E-state index contributed by atoms with van der Waals surface area (Å²) in [6.07, 6.45) is 2.04. The molecule has 1 amide bonds. The summed E-state index contributed by atoms with van der Waals surface area (Å²) in [5.41, 5.74) is 1.51. The Labute approximate surface area is 152 Å². The Morgan fingerprint density at radius 2 is 1.92 bits per heavy atom. The molecule has 5 nitrogen and oxygen atoms in total. The molecule has 26 heavy (non-hydrogen) atoms. The van der Waals surface area contributed by atoms with Gasteiger partial charge in [0.15, 0.2) is 0 Å². The quantitative estimate of drug-likeness (QED) is 0.780. The van der Waals surface area contributed by atoms with E-state index in [1.165, 1.54) is 18.2 Å². The summed E-state index contributed by atoms with van der Waals surface area (Å²) in [6, 6.07) is 10.9. The molecule has 0 saturated heterocycles. The molecule has 2 aromatic carbocycles. The number of nitrogens with one attached hydrogen (secondary N) is 2. The van der Waals surface area contributed by atoms with E-state index in [-0.39, 0.29) is 29.2 Å². The van der Waals surface area contributed by atoms with E-state index in [4.69, 9.17) is 0 Å². The Bertz CT molecular complexity index is 924. The van der Waals surface area contributed by atoms with Crippen LogP contribution in [-0.4, -0.2) is 26.9 Å². The Balaban J connectivity index is 1.68. The van der Waals surface area contributed by atoms with Crippen LogP contribution in [0.2, 0.25) is 0 Å². The minimum Gasteiger partial charge on any atom is -0.352 e. The maximum absolute atomic E-state index is 13.6. The van der Waals surface area contributed by atoms with Crippen molar-refractivity contribution in [3.63, 3.8) is 0 Å². The molecule has 1 aliphatic carbocycles. The first-order chi connectivity index (χ1) is 12.4. The normalized spacial score (nSPS) is 14.2. The van der Waals surface area contributed by atoms with Gasteiger partial charge in [0.25, 0.3) is 5.91 Å². The van der Waals surface area contributed by atoms with Gasteiger partial charge in [-0.3, -0.25) is 4.79 Å². The molecule has 0 atom stereocenters. The van der Waals surface area contributed by atoms with Crippen LogP contribution < -0.4 is 10.0 Å². The van der Waals surface area contributed by atoms with Crippen molar-refractivity contribution >= 4 is 15.9 Å². The van der Waals surface area contributed by atoms with Crippen molar-refractivity contribution < 1.29 is 17.6 Å². The van der Waals surface area contributed by atoms with Crippen molar-refractivity contribution in [1.29, 1.82) is 0 Å². The Kier molecular flexibility index (Phi) is 5.38. The molecule has 2 N–H and O–H groups in total. The molecule has 2 aromatic rings. The van der Waals surface area contributed by atoms with Gasteiger partial charge in [-0.25, -0.2) is 17.5 Å². The van der Waals surface area contributed by atoms with Gasteiger partial charge in [0.05, 0.1) is 4.90 Å². The fourth-order valence-corrected chi connectivity index (χ4v) is 3.94. The van der Waals surface area contributed by atoms with Crippen LogP contribution in [0.3, 0.4) is 0 Å². The lowest BCUT2D eigenvalue weighted by Crippen LogP contribution is -2.28. The number of halogens is 1. The smallest absolute Gasteiger partial charge is 0.251 e. The van der Waals surface area contributed by atoms with Gasteiger partial charge in [-0.2, -0.15) is 0 Å². The van der Waals surface area contributed by atoms with Gasteiger partial charge >= 0.3 is 0 Å². The highest BCUT2D eigenvalue weighted by Gasteiger charge is 2.28. The van der Waals surface area contributed by atoms with E-state index in [1.807, 2.05) is 0 Å². The summed E-state index contributed by atoms with van der Waals surface area (Å²) in [5.74, 6) is -0.681. The molecule has 1 saturated carbocycles. The summed E-state index contributed by atoms with van der Waals surface area (Å²) >= 11 is 0. The highest BCUT2D eigenvalue weighted by atomic mass is 32.2. The fraction of sp³-hybridized carbons (Fsp3) is 0.316. The molecular weight excluding hydrogens is 355 g/mol. The number of benzene rings is 2. The second-order valence-electron chi connectivity index (χ2n) is 6.47. The number of carbonyl (C=O) groups is 1. The standard InChI is InChI=1S/C19H21FN2O3S/c1-13-6-9-16(26(24,25)22-15-7-8-15)12-17(13)19(23)21-11-10-14-4-2-3-5-18(14)20/h2-6,9,12,15,22H,7-8,10-11H2,1H3,(H,21,23). The zero-order valence-corrected chi connectivity index (χ0v) is 15.3. The molecule has 0 aliphatic heterocycles. The lowest BCUT2D eigenvalue weighted by Gasteiger charge is -2.11. The minimum absolute atomic E-state index is 0.000603. The summed E-state index contributed by atoms with van der Waals surface area (Å²) in [6.45, 7) is 2.01. The lowest BCUT2D eigenvalue weighted by molar-refractivity contribution is 0.0953. The Morgan fingerprint density at radius 3 is 2.62 bits per heavy atom. The Hall–Kier alpha value is -2.25. The van der Waals surface area contributed by atoms with E-state index >= 15 is 0 Å². The van der Waals surface area contributed by atoms with E-state index in [0.29, 0.717) is 23.1 Å². The Morgan fingerprint density at radius 1 is 1.19 bits per heavy atom. The summed E-state index contributed by atoms with van der Waals surface area (Å²) in [7, 11) is -3.62. The van der Waals surface area contributed by atoms with Crippen LogP contribution in [0.25, 0.3) is 0 Å². The first-order valence-corrected chi connectivity index (χ1v) is 10.00. The largest absolute Gasteiger partial charge is 0.352 e. The van der Waals surface area contributed by atoms with E-state index in [1.54, 1.807) is 31.2 Å². The molecule has 0 aromatic heterocycles. The topological polar surface area (TPSA) is 75.3 Å². The summed E-state index contributed by atoms with van der Waals surface area (Å²) in [4.78, 5) is 12.5. The van der Waals surface area contributed by atoms with Gasteiger partial charge in [0.2, 0.25) is 10.0 Å². The summed E-state index contributed by atoms with van der Waals surface area (Å²) < 4.78 is 40.9. The van der Waals surface area contributed by atoms with Gasteiger partial charge in [-0.15, -0.1) is 0 Å². The van der Waals surface area contributed by atoms with Crippen molar-refractivity contribution in [2.45, 2.75) is 37.1 Å². The van der Waals surface area contributed by atoms with Crippen LogP contribution in [0.15, 0.2) is 47.4 Å². The van der Waals surface area contributed by atoms with Crippen LogP contribution in [0.4, 0.5) is 4.39 Å². The van der Waals surface area contributed by atoms with E-state index in [2.05, 4.69) is 10.0 Å². The molecule has 7 heteroatoms. The highest BCUT2D eigenvalue weighted by Crippen LogP contribution is 2.23. The number of sulfonamides is 1. The predicted molar refractivity (Wildman–Crippen MR) is 97.0 cm³/mol. The van der Waals surface area contributed by atoms with Crippen LogP contribution >= 0.6 is 0 Å². The number of rotatable bonds is 7. The highest BCUT2D eigenvalue weighted by molar-refractivity contribution is 7.89.